The van der Waals surface area contributed by atoms with E-state index < -0.39 is 0 Å². The van der Waals surface area contributed by atoms with E-state index in [1.54, 1.807) is 0 Å². The molecule has 0 aliphatic heterocycles. The lowest BCUT2D eigenvalue weighted by atomic mass is 10.2. The first kappa shape index (κ1) is 12.1. The SMILES string of the molecule is CCCC1CC1NCc1c(Cl)oc2ccccc12. The number of fused-ring (bicyclic) bond motifs is 1. The van der Waals surface area contributed by atoms with Gasteiger partial charge >= 0.3 is 0 Å². The van der Waals surface area contributed by atoms with Crippen LogP contribution in [0.15, 0.2) is 28.7 Å². The van der Waals surface area contributed by atoms with Gasteiger partial charge in [-0.3, -0.25) is 0 Å². The molecule has 1 aliphatic rings. The van der Waals surface area contributed by atoms with Crippen LogP contribution >= 0.6 is 11.6 Å². The first-order valence-corrected chi connectivity index (χ1v) is 7.06. The Hall–Kier alpha value is -0.990. The lowest BCUT2D eigenvalue weighted by Gasteiger charge is -2.03. The number of hydrogen-bond donors (Lipinski definition) is 1. The third kappa shape index (κ3) is 2.27. The van der Waals surface area contributed by atoms with Crippen LogP contribution in [-0.4, -0.2) is 6.04 Å². The summed E-state index contributed by atoms with van der Waals surface area (Å²) in [6, 6.07) is 8.70. The predicted octanol–water partition coefficient (Wildman–Crippen LogP) is 4.36. The largest absolute Gasteiger partial charge is 0.444 e. The molecule has 96 valence electrons. The minimum atomic E-state index is 0.524. The predicted molar refractivity (Wildman–Crippen MR) is 74.9 cm³/mol. The van der Waals surface area contributed by atoms with Crippen molar-refractivity contribution in [1.82, 2.24) is 5.32 Å². The molecule has 1 N–H and O–H groups in total. The van der Waals surface area contributed by atoms with Gasteiger partial charge in [0.25, 0.3) is 0 Å². The van der Waals surface area contributed by atoms with Crippen molar-refractivity contribution in [1.29, 1.82) is 0 Å². The van der Waals surface area contributed by atoms with E-state index in [-0.39, 0.29) is 0 Å². The minimum Gasteiger partial charge on any atom is -0.444 e. The van der Waals surface area contributed by atoms with Gasteiger partial charge in [-0.05, 0) is 36.4 Å². The van der Waals surface area contributed by atoms with Crippen molar-refractivity contribution in [2.75, 3.05) is 0 Å². The summed E-state index contributed by atoms with van der Waals surface area (Å²) in [6.45, 7) is 3.05. The maximum atomic E-state index is 6.16. The lowest BCUT2D eigenvalue weighted by molar-refractivity contribution is 0.583. The highest BCUT2D eigenvalue weighted by Gasteiger charge is 2.35. The van der Waals surface area contributed by atoms with Crippen LogP contribution in [0.25, 0.3) is 11.0 Å². The average molecular weight is 264 g/mol. The van der Waals surface area contributed by atoms with Gasteiger partial charge in [-0.15, -0.1) is 0 Å². The number of para-hydroxylation sites is 1. The Balaban J connectivity index is 1.70. The van der Waals surface area contributed by atoms with Gasteiger partial charge in [-0.25, -0.2) is 0 Å². The van der Waals surface area contributed by atoms with Crippen LogP contribution in [0.1, 0.15) is 31.7 Å². The minimum absolute atomic E-state index is 0.524. The molecule has 2 nitrogen and oxygen atoms in total. The molecule has 3 rings (SSSR count). The highest BCUT2D eigenvalue weighted by molar-refractivity contribution is 6.30. The van der Waals surface area contributed by atoms with Crippen molar-refractivity contribution in [2.24, 2.45) is 5.92 Å². The molecule has 0 spiro atoms. The van der Waals surface area contributed by atoms with Crippen molar-refractivity contribution in [3.8, 4) is 0 Å². The zero-order valence-electron chi connectivity index (χ0n) is 10.6. The molecule has 0 amide bonds. The smallest absolute Gasteiger partial charge is 0.199 e. The second-order valence-electron chi connectivity index (χ2n) is 5.12. The third-order valence-corrected chi connectivity index (χ3v) is 4.08. The van der Waals surface area contributed by atoms with E-state index in [2.05, 4.69) is 18.3 Å². The van der Waals surface area contributed by atoms with Gasteiger partial charge in [0.05, 0.1) is 0 Å². The molecule has 18 heavy (non-hydrogen) atoms. The quantitative estimate of drug-likeness (QED) is 0.867. The molecule has 2 aromatic rings. The number of furan rings is 1. The van der Waals surface area contributed by atoms with Crippen LogP contribution in [0.3, 0.4) is 0 Å². The summed E-state index contributed by atoms with van der Waals surface area (Å²) in [7, 11) is 0. The van der Waals surface area contributed by atoms with Crippen LogP contribution in [0.2, 0.25) is 5.22 Å². The Labute approximate surface area is 112 Å². The first-order valence-electron chi connectivity index (χ1n) is 6.69. The molecule has 1 saturated carbocycles. The van der Waals surface area contributed by atoms with Gasteiger partial charge < -0.3 is 9.73 Å². The Kier molecular flexibility index (Phi) is 3.31. The Morgan fingerprint density at radius 1 is 1.39 bits per heavy atom. The van der Waals surface area contributed by atoms with Gasteiger partial charge in [0.2, 0.25) is 0 Å². The molecule has 3 heteroatoms. The molecular weight excluding hydrogens is 246 g/mol. The van der Waals surface area contributed by atoms with Crippen molar-refractivity contribution < 1.29 is 4.42 Å². The third-order valence-electron chi connectivity index (χ3n) is 3.77. The number of halogens is 1. The van der Waals surface area contributed by atoms with Crippen LogP contribution in [0.4, 0.5) is 0 Å². The summed E-state index contributed by atoms with van der Waals surface area (Å²) in [5.41, 5.74) is 1.97. The molecule has 1 fully saturated rings. The number of rotatable bonds is 5. The second kappa shape index (κ2) is 4.94. The number of hydrogen-bond acceptors (Lipinski definition) is 2. The molecule has 0 saturated heterocycles. The van der Waals surface area contributed by atoms with Crippen molar-refractivity contribution >= 4 is 22.6 Å². The van der Waals surface area contributed by atoms with Gasteiger partial charge in [-0.1, -0.05) is 31.5 Å². The van der Waals surface area contributed by atoms with E-state index in [1.165, 1.54) is 19.3 Å². The Morgan fingerprint density at radius 2 is 2.22 bits per heavy atom. The molecule has 0 bridgehead atoms. The van der Waals surface area contributed by atoms with E-state index in [4.69, 9.17) is 16.0 Å². The van der Waals surface area contributed by atoms with Crippen molar-refractivity contribution in [3.05, 3.63) is 35.0 Å². The summed E-state index contributed by atoms with van der Waals surface area (Å²) in [5, 5.41) is 5.23. The number of nitrogens with one attached hydrogen (secondary N) is 1. The van der Waals surface area contributed by atoms with E-state index in [0.717, 1.165) is 29.0 Å². The second-order valence-corrected chi connectivity index (χ2v) is 5.47. The molecule has 1 aromatic heterocycles. The molecule has 0 radical (unpaired) electrons. The molecule has 2 unspecified atom stereocenters. The monoisotopic (exact) mass is 263 g/mol. The average Bonchev–Trinajstić information content (AvgIpc) is 3.02. The standard InChI is InChI=1S/C15H18ClNO/c1-2-5-10-8-13(10)17-9-12-11-6-3-4-7-14(11)18-15(12)16/h3-4,6-7,10,13,17H,2,5,8-9H2,1H3. The van der Waals surface area contributed by atoms with E-state index in [1.807, 2.05) is 18.2 Å². The topological polar surface area (TPSA) is 25.2 Å². The van der Waals surface area contributed by atoms with Crippen LogP contribution in [-0.2, 0) is 6.54 Å². The summed E-state index contributed by atoms with van der Waals surface area (Å²) >= 11 is 6.16. The summed E-state index contributed by atoms with van der Waals surface area (Å²) < 4.78 is 5.55. The fraction of sp³-hybridized carbons (Fsp3) is 0.467. The van der Waals surface area contributed by atoms with E-state index >= 15 is 0 Å². The van der Waals surface area contributed by atoms with Gasteiger partial charge in [0.1, 0.15) is 5.58 Å². The Morgan fingerprint density at radius 3 is 3.06 bits per heavy atom. The lowest BCUT2D eigenvalue weighted by Crippen LogP contribution is -2.17. The van der Waals surface area contributed by atoms with Crippen molar-refractivity contribution in [3.63, 3.8) is 0 Å². The first-order chi connectivity index (χ1) is 8.79. The van der Waals surface area contributed by atoms with Gasteiger partial charge in [0, 0.05) is 23.5 Å². The van der Waals surface area contributed by atoms with Crippen LogP contribution in [0, 0.1) is 5.92 Å². The van der Waals surface area contributed by atoms with Crippen LogP contribution < -0.4 is 5.32 Å². The summed E-state index contributed by atoms with van der Waals surface area (Å²) in [4.78, 5) is 0. The van der Waals surface area contributed by atoms with E-state index in [0.29, 0.717) is 11.3 Å². The number of benzene rings is 1. The van der Waals surface area contributed by atoms with Crippen LogP contribution in [0.5, 0.6) is 0 Å². The molecule has 1 aromatic carbocycles. The fourth-order valence-corrected chi connectivity index (χ4v) is 2.91. The fourth-order valence-electron chi connectivity index (χ4n) is 2.65. The normalized spacial score (nSPS) is 22.6. The highest BCUT2D eigenvalue weighted by Crippen LogP contribution is 2.36. The summed E-state index contributed by atoms with van der Waals surface area (Å²) in [6.07, 6.45) is 3.91. The molecule has 1 heterocycles. The van der Waals surface area contributed by atoms with Crippen molar-refractivity contribution in [2.45, 2.75) is 38.8 Å². The molecular formula is C15H18ClNO. The molecule has 1 aliphatic carbocycles. The molecule has 2 atom stereocenters. The van der Waals surface area contributed by atoms with Gasteiger partial charge in [0.15, 0.2) is 5.22 Å². The zero-order chi connectivity index (χ0) is 12.5. The highest BCUT2D eigenvalue weighted by atomic mass is 35.5. The maximum Gasteiger partial charge on any atom is 0.199 e. The van der Waals surface area contributed by atoms with E-state index in [9.17, 15) is 0 Å². The zero-order valence-corrected chi connectivity index (χ0v) is 11.3. The summed E-state index contributed by atoms with van der Waals surface area (Å²) in [5.74, 6) is 0.868. The van der Waals surface area contributed by atoms with Gasteiger partial charge in [-0.2, -0.15) is 0 Å². The maximum absolute atomic E-state index is 6.16. The Bertz CT molecular complexity index is 548.